The maximum atomic E-state index is 11.3. The molecule has 0 saturated carbocycles. The Labute approximate surface area is 167 Å². The Morgan fingerprint density at radius 1 is 0.552 bits per heavy atom. The van der Waals surface area contributed by atoms with Gasteiger partial charge < -0.3 is 10.2 Å². The first-order valence-electron chi connectivity index (χ1n) is 9.77. The summed E-state index contributed by atoms with van der Waals surface area (Å²) in [4.78, 5) is 0. The zero-order valence-corrected chi connectivity index (χ0v) is 15.6. The molecule has 2 N–H and O–H groups in total. The van der Waals surface area contributed by atoms with E-state index in [2.05, 4.69) is 42.5 Å². The number of aromatic hydroxyl groups is 1. The maximum Gasteiger partial charge on any atom is 0.123 e. The van der Waals surface area contributed by atoms with Crippen LogP contribution < -0.4 is 0 Å². The van der Waals surface area contributed by atoms with Crippen LogP contribution in [-0.4, -0.2) is 10.2 Å². The zero-order valence-electron chi connectivity index (χ0n) is 15.6. The van der Waals surface area contributed by atoms with Crippen LogP contribution in [0.4, 0.5) is 0 Å². The third-order valence-corrected chi connectivity index (χ3v) is 6.06. The standard InChI is InChI=1S/C27H18O2/c28-24-14-10-18-7-11-21-22(12-8-17-9-13-23(24)26(18)25(17)21)27(29)20-6-5-16-3-1-2-4-19(16)15-20/h1-15,27-29H. The number of hydrogen-bond acceptors (Lipinski definition) is 2. The van der Waals surface area contributed by atoms with Gasteiger partial charge in [0, 0.05) is 10.8 Å². The quantitative estimate of drug-likeness (QED) is 0.339. The van der Waals surface area contributed by atoms with Crippen LogP contribution in [0.2, 0.25) is 0 Å². The number of phenols is 1. The predicted octanol–water partition coefficient (Wildman–Crippen LogP) is 6.52. The Morgan fingerprint density at radius 2 is 1.17 bits per heavy atom. The lowest BCUT2D eigenvalue weighted by Crippen LogP contribution is -2.01. The topological polar surface area (TPSA) is 40.5 Å². The summed E-state index contributed by atoms with van der Waals surface area (Å²) in [5.74, 6) is 0.285. The normalized spacial score (nSPS) is 13.0. The van der Waals surface area contributed by atoms with Crippen LogP contribution in [0.1, 0.15) is 17.2 Å². The van der Waals surface area contributed by atoms with Crippen molar-refractivity contribution in [3.63, 3.8) is 0 Å². The number of rotatable bonds is 2. The number of fused-ring (bicyclic) bond motifs is 1. The van der Waals surface area contributed by atoms with E-state index in [-0.39, 0.29) is 5.75 Å². The summed E-state index contributed by atoms with van der Waals surface area (Å²) in [5.41, 5.74) is 1.76. The van der Waals surface area contributed by atoms with E-state index in [1.165, 1.54) is 0 Å². The van der Waals surface area contributed by atoms with E-state index in [0.29, 0.717) is 0 Å². The summed E-state index contributed by atoms with van der Waals surface area (Å²) >= 11 is 0. The number of phenolic OH excluding ortho intramolecular Hbond substituents is 1. The average molecular weight is 374 g/mol. The summed E-state index contributed by atoms with van der Waals surface area (Å²) in [7, 11) is 0. The molecule has 0 aliphatic carbocycles. The highest BCUT2D eigenvalue weighted by Gasteiger charge is 2.18. The molecule has 0 aromatic heterocycles. The molecular formula is C27H18O2. The second-order valence-electron chi connectivity index (χ2n) is 7.67. The number of aliphatic hydroxyl groups is 1. The minimum atomic E-state index is -0.724. The van der Waals surface area contributed by atoms with Gasteiger partial charge in [0.2, 0.25) is 0 Å². The van der Waals surface area contributed by atoms with Crippen LogP contribution >= 0.6 is 0 Å². The fourth-order valence-corrected chi connectivity index (χ4v) is 4.60. The van der Waals surface area contributed by atoms with Crippen molar-refractivity contribution in [3.05, 3.63) is 102 Å². The number of aliphatic hydroxyl groups excluding tert-OH is 1. The van der Waals surface area contributed by atoms with Crippen LogP contribution in [0.15, 0.2) is 91.0 Å². The molecule has 29 heavy (non-hydrogen) atoms. The smallest absolute Gasteiger partial charge is 0.123 e. The lowest BCUT2D eigenvalue weighted by molar-refractivity contribution is 0.222. The van der Waals surface area contributed by atoms with Gasteiger partial charge in [0.1, 0.15) is 11.9 Å². The summed E-state index contributed by atoms with van der Waals surface area (Å²) in [6.07, 6.45) is -0.724. The minimum absolute atomic E-state index is 0.285. The van der Waals surface area contributed by atoms with E-state index < -0.39 is 6.10 Å². The lowest BCUT2D eigenvalue weighted by Gasteiger charge is -2.18. The summed E-state index contributed by atoms with van der Waals surface area (Å²) in [6, 6.07) is 30.2. The molecule has 0 saturated heterocycles. The molecule has 0 heterocycles. The Balaban J connectivity index is 1.63. The van der Waals surface area contributed by atoms with E-state index in [0.717, 1.165) is 54.2 Å². The highest BCUT2D eigenvalue weighted by Crippen LogP contribution is 2.41. The van der Waals surface area contributed by atoms with Gasteiger partial charge in [0.15, 0.2) is 0 Å². The lowest BCUT2D eigenvalue weighted by atomic mass is 9.88. The van der Waals surface area contributed by atoms with Gasteiger partial charge in [0.25, 0.3) is 0 Å². The molecule has 6 rings (SSSR count). The van der Waals surface area contributed by atoms with Gasteiger partial charge >= 0.3 is 0 Å². The second kappa shape index (κ2) is 5.94. The van der Waals surface area contributed by atoms with Crippen molar-refractivity contribution in [1.82, 2.24) is 0 Å². The number of benzene rings is 6. The van der Waals surface area contributed by atoms with E-state index in [9.17, 15) is 10.2 Å². The van der Waals surface area contributed by atoms with Crippen LogP contribution in [0, 0.1) is 0 Å². The van der Waals surface area contributed by atoms with E-state index >= 15 is 0 Å². The van der Waals surface area contributed by atoms with Gasteiger partial charge in [-0.2, -0.15) is 0 Å². The fourth-order valence-electron chi connectivity index (χ4n) is 4.60. The van der Waals surface area contributed by atoms with Gasteiger partial charge in [-0.1, -0.05) is 78.9 Å². The first-order chi connectivity index (χ1) is 14.2. The molecule has 0 fully saturated rings. The molecule has 2 heteroatoms. The largest absolute Gasteiger partial charge is 0.507 e. The minimum Gasteiger partial charge on any atom is -0.507 e. The van der Waals surface area contributed by atoms with E-state index in [4.69, 9.17) is 0 Å². The maximum absolute atomic E-state index is 11.3. The summed E-state index contributed by atoms with van der Waals surface area (Å²) in [5, 5.41) is 30.1. The van der Waals surface area contributed by atoms with Gasteiger partial charge in [-0.05, 0) is 55.6 Å². The van der Waals surface area contributed by atoms with Crippen LogP contribution in [0.3, 0.4) is 0 Å². The molecule has 0 aliphatic rings. The Hall–Kier alpha value is -3.62. The fraction of sp³-hybridized carbons (Fsp3) is 0.0370. The predicted molar refractivity (Wildman–Crippen MR) is 120 cm³/mol. The third-order valence-electron chi connectivity index (χ3n) is 6.06. The Bertz CT molecular complexity index is 1530. The third kappa shape index (κ3) is 2.33. The molecular weight excluding hydrogens is 356 g/mol. The highest BCUT2D eigenvalue weighted by atomic mass is 16.3. The van der Waals surface area contributed by atoms with E-state index in [1.807, 2.05) is 42.5 Å². The Morgan fingerprint density at radius 3 is 2.00 bits per heavy atom. The van der Waals surface area contributed by atoms with Gasteiger partial charge in [0.05, 0.1) is 0 Å². The molecule has 138 valence electrons. The molecule has 0 spiro atoms. The first kappa shape index (κ1) is 16.3. The van der Waals surface area contributed by atoms with Gasteiger partial charge in [-0.25, -0.2) is 0 Å². The van der Waals surface area contributed by atoms with Crippen LogP contribution in [-0.2, 0) is 0 Å². The SMILES string of the molecule is Oc1ccc2ccc3c(C(O)c4ccc5ccccc5c4)ccc4ccc1c2c43. The molecule has 1 atom stereocenters. The molecule has 6 aromatic rings. The van der Waals surface area contributed by atoms with Crippen molar-refractivity contribution in [1.29, 1.82) is 0 Å². The van der Waals surface area contributed by atoms with Crippen molar-refractivity contribution in [3.8, 4) is 5.75 Å². The van der Waals surface area contributed by atoms with Crippen molar-refractivity contribution in [2.24, 2.45) is 0 Å². The Kier molecular flexibility index (Phi) is 3.35. The van der Waals surface area contributed by atoms with Gasteiger partial charge in [-0.3, -0.25) is 0 Å². The molecule has 1 unspecified atom stereocenters. The molecule has 0 amide bonds. The average Bonchev–Trinajstić information content (AvgIpc) is 2.77. The molecule has 2 nitrogen and oxygen atoms in total. The van der Waals surface area contributed by atoms with E-state index in [1.54, 1.807) is 6.07 Å². The van der Waals surface area contributed by atoms with Crippen molar-refractivity contribution in [2.75, 3.05) is 0 Å². The first-order valence-corrected chi connectivity index (χ1v) is 9.77. The summed E-state index contributed by atoms with van der Waals surface area (Å²) in [6.45, 7) is 0. The zero-order chi connectivity index (χ0) is 19.5. The van der Waals surface area contributed by atoms with Crippen molar-refractivity contribution in [2.45, 2.75) is 6.10 Å². The molecule has 0 bridgehead atoms. The number of hydrogen-bond donors (Lipinski definition) is 2. The monoisotopic (exact) mass is 374 g/mol. The van der Waals surface area contributed by atoms with Gasteiger partial charge in [-0.15, -0.1) is 0 Å². The second-order valence-corrected chi connectivity index (χ2v) is 7.67. The van der Waals surface area contributed by atoms with Crippen molar-refractivity contribution >= 4 is 43.1 Å². The van der Waals surface area contributed by atoms with Crippen molar-refractivity contribution < 1.29 is 10.2 Å². The molecule has 0 aliphatic heterocycles. The highest BCUT2D eigenvalue weighted by molar-refractivity contribution is 6.24. The molecule has 6 aromatic carbocycles. The summed E-state index contributed by atoms with van der Waals surface area (Å²) < 4.78 is 0. The molecule has 0 radical (unpaired) electrons. The van der Waals surface area contributed by atoms with Crippen LogP contribution in [0.5, 0.6) is 5.75 Å². The van der Waals surface area contributed by atoms with Crippen LogP contribution in [0.25, 0.3) is 43.1 Å².